The van der Waals surface area contributed by atoms with Gasteiger partial charge in [0.05, 0.1) is 0 Å². The van der Waals surface area contributed by atoms with E-state index < -0.39 is 0 Å². The Balaban J connectivity index is 1.55. The maximum atomic E-state index is 12.8. The average molecular weight is 429 g/mol. The minimum atomic E-state index is 0.0723. The monoisotopic (exact) mass is 428 g/mol. The normalized spacial score (nSPS) is 19.1. The van der Waals surface area contributed by atoms with Crippen molar-refractivity contribution in [2.45, 2.75) is 50.6 Å². The summed E-state index contributed by atoms with van der Waals surface area (Å²) in [6.07, 6.45) is 5.07. The Morgan fingerprint density at radius 2 is 1.77 bits per heavy atom. The van der Waals surface area contributed by atoms with Crippen molar-refractivity contribution in [3.05, 3.63) is 70.2 Å². The molecule has 3 rings (SSSR count). The van der Waals surface area contributed by atoms with Gasteiger partial charge in [-0.25, -0.2) is 0 Å². The van der Waals surface area contributed by atoms with Crippen LogP contribution < -0.4 is 0 Å². The number of hydrogen-bond donors (Lipinski definition) is 1. The molecule has 30 heavy (non-hydrogen) atoms. The first-order valence-electron chi connectivity index (χ1n) is 10.9. The molecule has 1 aliphatic carbocycles. The van der Waals surface area contributed by atoms with Crippen LogP contribution in [0.2, 0.25) is 5.02 Å². The van der Waals surface area contributed by atoms with Gasteiger partial charge < -0.3 is 14.9 Å². The number of nitrogens with zero attached hydrogens (tertiary/aromatic N) is 2. The second kappa shape index (κ2) is 10.9. The highest BCUT2D eigenvalue weighted by Gasteiger charge is 2.27. The third-order valence-corrected chi connectivity index (χ3v) is 6.48. The second-order valence-electron chi connectivity index (χ2n) is 8.49. The van der Waals surface area contributed by atoms with Crippen molar-refractivity contribution in [1.82, 2.24) is 9.80 Å². The number of aliphatic hydroxyl groups is 1. The molecule has 4 nitrogen and oxygen atoms in total. The lowest BCUT2D eigenvalue weighted by Crippen LogP contribution is -2.39. The molecule has 0 atom stereocenters. The smallest absolute Gasteiger partial charge is 0.253 e. The maximum absolute atomic E-state index is 12.8. The van der Waals surface area contributed by atoms with E-state index in [1.807, 2.05) is 11.9 Å². The van der Waals surface area contributed by atoms with Gasteiger partial charge in [-0.15, -0.1) is 0 Å². The van der Waals surface area contributed by atoms with E-state index in [1.165, 1.54) is 11.1 Å². The van der Waals surface area contributed by atoms with Gasteiger partial charge in [0.1, 0.15) is 0 Å². The minimum absolute atomic E-state index is 0.0723. The molecule has 0 aliphatic heterocycles. The van der Waals surface area contributed by atoms with Crippen LogP contribution in [0.25, 0.3) is 0 Å². The molecule has 5 heteroatoms. The van der Waals surface area contributed by atoms with Crippen LogP contribution in [-0.4, -0.2) is 54.1 Å². The number of aliphatic hydroxyl groups excluding tert-OH is 1. The molecule has 1 aliphatic rings. The number of hydrogen-bond acceptors (Lipinski definition) is 3. The van der Waals surface area contributed by atoms with E-state index in [9.17, 15) is 4.79 Å². The molecule has 1 amide bonds. The van der Waals surface area contributed by atoms with E-state index >= 15 is 0 Å². The summed E-state index contributed by atoms with van der Waals surface area (Å²) in [5.74, 6) is 0.631. The molecule has 0 spiro atoms. The van der Waals surface area contributed by atoms with Crippen molar-refractivity contribution in [3.8, 4) is 0 Å². The molecule has 0 unspecified atom stereocenters. The van der Waals surface area contributed by atoms with Gasteiger partial charge in [0.15, 0.2) is 0 Å². The standard InChI is InChI=1S/C25H33ClN2O2/c1-27(15-4-16-29)18-19-5-3-6-22(17-19)20-9-13-24(14-10-20)28(2)25(30)21-7-11-23(26)12-8-21/h3,5-8,11-12,17,20,24,29H,4,9-10,13-16,18H2,1-2H3. The predicted octanol–water partition coefficient (Wildman–Crippen LogP) is 4.95. The van der Waals surface area contributed by atoms with Crippen LogP contribution in [0.3, 0.4) is 0 Å². The predicted molar refractivity (Wildman–Crippen MR) is 123 cm³/mol. The third kappa shape index (κ3) is 6.07. The van der Waals surface area contributed by atoms with Crippen molar-refractivity contribution in [3.63, 3.8) is 0 Å². The summed E-state index contributed by atoms with van der Waals surface area (Å²) in [7, 11) is 4.02. The molecule has 1 N–H and O–H groups in total. The Hall–Kier alpha value is -1.88. The summed E-state index contributed by atoms with van der Waals surface area (Å²) < 4.78 is 0. The van der Waals surface area contributed by atoms with Crippen LogP contribution in [-0.2, 0) is 6.54 Å². The van der Waals surface area contributed by atoms with Gasteiger partial charge in [-0.2, -0.15) is 0 Å². The van der Waals surface area contributed by atoms with Crippen LogP contribution in [0.4, 0.5) is 0 Å². The minimum Gasteiger partial charge on any atom is -0.396 e. The molecule has 2 aromatic rings. The Morgan fingerprint density at radius 3 is 2.43 bits per heavy atom. The fraction of sp³-hybridized carbons (Fsp3) is 0.480. The SMILES string of the molecule is CN(CCCO)Cc1cccc(C2CCC(N(C)C(=O)c3ccc(Cl)cc3)CC2)c1. The quantitative estimate of drug-likeness (QED) is 0.646. The van der Waals surface area contributed by atoms with E-state index in [1.54, 1.807) is 24.3 Å². The van der Waals surface area contributed by atoms with Gasteiger partial charge in [-0.1, -0.05) is 35.9 Å². The molecule has 1 fully saturated rings. The van der Waals surface area contributed by atoms with E-state index in [0.29, 0.717) is 16.5 Å². The Kier molecular flexibility index (Phi) is 8.32. The molecule has 0 saturated heterocycles. The first kappa shape index (κ1) is 22.8. The van der Waals surface area contributed by atoms with Crippen molar-refractivity contribution < 1.29 is 9.90 Å². The van der Waals surface area contributed by atoms with Crippen LogP contribution in [0.1, 0.15) is 59.5 Å². The molecule has 0 heterocycles. The molecule has 0 aromatic heterocycles. The fourth-order valence-electron chi connectivity index (χ4n) is 4.44. The largest absolute Gasteiger partial charge is 0.396 e. The number of rotatable bonds is 8. The van der Waals surface area contributed by atoms with Gasteiger partial charge in [0.25, 0.3) is 5.91 Å². The van der Waals surface area contributed by atoms with Gasteiger partial charge in [-0.3, -0.25) is 4.79 Å². The fourth-order valence-corrected chi connectivity index (χ4v) is 4.56. The zero-order valence-corrected chi connectivity index (χ0v) is 18.8. The Morgan fingerprint density at radius 1 is 1.07 bits per heavy atom. The zero-order valence-electron chi connectivity index (χ0n) is 18.1. The van der Waals surface area contributed by atoms with Gasteiger partial charge in [0.2, 0.25) is 0 Å². The lowest BCUT2D eigenvalue weighted by atomic mass is 9.81. The molecule has 0 radical (unpaired) electrons. The van der Waals surface area contributed by atoms with Gasteiger partial charge in [-0.05, 0) is 80.5 Å². The Bertz CT molecular complexity index is 816. The van der Waals surface area contributed by atoms with E-state index in [4.69, 9.17) is 16.7 Å². The van der Waals surface area contributed by atoms with E-state index in [-0.39, 0.29) is 18.6 Å². The summed E-state index contributed by atoms with van der Waals surface area (Å²) in [4.78, 5) is 17.0. The number of carbonyl (C=O) groups excluding carboxylic acids is 1. The zero-order chi connectivity index (χ0) is 21.5. The molecule has 2 aromatic carbocycles. The van der Waals surface area contributed by atoms with Gasteiger partial charge >= 0.3 is 0 Å². The molecule has 162 valence electrons. The van der Waals surface area contributed by atoms with E-state index in [2.05, 4.69) is 36.2 Å². The lowest BCUT2D eigenvalue weighted by Gasteiger charge is -2.35. The summed E-state index contributed by atoms with van der Waals surface area (Å²) in [6.45, 7) is 2.05. The lowest BCUT2D eigenvalue weighted by molar-refractivity contribution is 0.0689. The maximum Gasteiger partial charge on any atom is 0.253 e. The van der Waals surface area contributed by atoms with Crippen molar-refractivity contribution >= 4 is 17.5 Å². The summed E-state index contributed by atoms with van der Waals surface area (Å²) in [5.41, 5.74) is 3.43. The van der Waals surface area contributed by atoms with Crippen molar-refractivity contribution in [1.29, 1.82) is 0 Å². The number of amides is 1. The third-order valence-electron chi connectivity index (χ3n) is 6.23. The van der Waals surface area contributed by atoms with Crippen LogP contribution in [0.15, 0.2) is 48.5 Å². The molecular formula is C25H33ClN2O2. The second-order valence-corrected chi connectivity index (χ2v) is 8.92. The van der Waals surface area contributed by atoms with Gasteiger partial charge in [0, 0.05) is 43.4 Å². The van der Waals surface area contributed by atoms with Crippen molar-refractivity contribution in [2.75, 3.05) is 27.2 Å². The number of carbonyl (C=O) groups is 1. The molecule has 1 saturated carbocycles. The summed E-state index contributed by atoms with van der Waals surface area (Å²) in [6, 6.07) is 16.4. The molecular weight excluding hydrogens is 396 g/mol. The van der Waals surface area contributed by atoms with Crippen LogP contribution in [0, 0.1) is 0 Å². The highest BCUT2D eigenvalue weighted by Crippen LogP contribution is 2.35. The topological polar surface area (TPSA) is 43.8 Å². The number of halogens is 1. The summed E-state index contributed by atoms with van der Waals surface area (Å²) >= 11 is 5.94. The molecule has 0 bridgehead atoms. The van der Waals surface area contributed by atoms with Crippen LogP contribution >= 0.6 is 11.6 Å². The first-order chi connectivity index (χ1) is 14.5. The summed E-state index contributed by atoms with van der Waals surface area (Å²) in [5, 5.41) is 9.66. The van der Waals surface area contributed by atoms with E-state index in [0.717, 1.165) is 45.2 Å². The number of benzene rings is 2. The highest BCUT2D eigenvalue weighted by molar-refractivity contribution is 6.30. The highest BCUT2D eigenvalue weighted by atomic mass is 35.5. The first-order valence-corrected chi connectivity index (χ1v) is 11.3. The van der Waals surface area contributed by atoms with Crippen LogP contribution in [0.5, 0.6) is 0 Å². The van der Waals surface area contributed by atoms with Crippen molar-refractivity contribution in [2.24, 2.45) is 0 Å². The Labute approximate surface area is 185 Å². The average Bonchev–Trinajstić information content (AvgIpc) is 2.77.